The SMILES string of the molecule is [NH3+]C(CSSCC([NH3+])C(=O)NCCCCCCCCCCCCCCCCCC(=O)O)C(=O)NCCCCCCCCCCCCCCCCCC(=O)O. The lowest BCUT2D eigenvalue weighted by molar-refractivity contribution is -0.396. The molecule has 0 rings (SSSR count). The van der Waals surface area contributed by atoms with Crippen LogP contribution in [0.25, 0.3) is 0 Å². The number of carbonyl (C=O) groups is 4. The number of amides is 2. The first kappa shape index (κ1) is 52.5. The maximum atomic E-state index is 12.4. The van der Waals surface area contributed by atoms with Crippen LogP contribution >= 0.6 is 21.6 Å². The van der Waals surface area contributed by atoms with Gasteiger partial charge in [0.25, 0.3) is 11.8 Å². The summed E-state index contributed by atoms with van der Waals surface area (Å²) in [6, 6.07) is -0.595. The van der Waals surface area contributed by atoms with E-state index in [1.807, 2.05) is 0 Å². The molecule has 10 N–H and O–H groups in total. The van der Waals surface area contributed by atoms with Gasteiger partial charge in [-0.1, -0.05) is 189 Å². The average molecular weight is 805 g/mol. The van der Waals surface area contributed by atoms with Gasteiger partial charge in [-0.05, 0) is 25.7 Å². The van der Waals surface area contributed by atoms with E-state index < -0.39 is 11.9 Å². The molecule has 0 heterocycles. The molecular formula is C42H84N4O6S2+2. The molecule has 318 valence electrons. The number of aliphatic carboxylic acids is 2. The van der Waals surface area contributed by atoms with Gasteiger partial charge < -0.3 is 32.3 Å². The number of hydrogen-bond donors (Lipinski definition) is 6. The van der Waals surface area contributed by atoms with E-state index in [9.17, 15) is 19.2 Å². The van der Waals surface area contributed by atoms with Gasteiger partial charge in [-0.2, -0.15) is 0 Å². The quantitative estimate of drug-likeness (QED) is 0.0262. The van der Waals surface area contributed by atoms with E-state index in [1.54, 1.807) is 21.6 Å². The smallest absolute Gasteiger partial charge is 0.303 e. The van der Waals surface area contributed by atoms with E-state index in [0.29, 0.717) is 37.4 Å². The molecule has 2 amide bonds. The molecule has 2 unspecified atom stereocenters. The maximum absolute atomic E-state index is 12.4. The fourth-order valence-corrected chi connectivity index (χ4v) is 8.91. The van der Waals surface area contributed by atoms with E-state index in [2.05, 4.69) is 22.1 Å². The summed E-state index contributed by atoms with van der Waals surface area (Å²) in [5.74, 6) is -0.0914. The molecule has 0 spiro atoms. The van der Waals surface area contributed by atoms with Gasteiger partial charge in [0.1, 0.15) is 0 Å². The Hall–Kier alpha value is -1.50. The van der Waals surface area contributed by atoms with Crippen molar-refractivity contribution in [2.24, 2.45) is 0 Å². The van der Waals surface area contributed by atoms with Crippen molar-refractivity contribution in [1.29, 1.82) is 0 Å². The van der Waals surface area contributed by atoms with Gasteiger partial charge in [0.2, 0.25) is 0 Å². The Labute approximate surface area is 337 Å². The predicted octanol–water partition coefficient (Wildman–Crippen LogP) is 8.47. The number of quaternary nitrogens is 2. The second-order valence-electron chi connectivity index (χ2n) is 15.4. The van der Waals surface area contributed by atoms with E-state index in [1.165, 1.54) is 141 Å². The molecule has 0 aromatic heterocycles. The number of unbranched alkanes of at least 4 members (excludes halogenated alkanes) is 28. The van der Waals surface area contributed by atoms with Crippen LogP contribution in [0.15, 0.2) is 0 Å². The summed E-state index contributed by atoms with van der Waals surface area (Å²) < 4.78 is 0. The Morgan fingerprint density at radius 3 is 0.796 bits per heavy atom. The first-order valence-corrected chi connectivity index (χ1v) is 24.6. The van der Waals surface area contributed by atoms with Crippen molar-refractivity contribution in [3.05, 3.63) is 0 Å². The van der Waals surface area contributed by atoms with E-state index >= 15 is 0 Å². The van der Waals surface area contributed by atoms with Crippen LogP contribution in [0, 0.1) is 0 Å². The summed E-state index contributed by atoms with van der Waals surface area (Å²) >= 11 is 0. The lowest BCUT2D eigenvalue weighted by atomic mass is 10.0. The molecule has 0 bridgehead atoms. The molecule has 54 heavy (non-hydrogen) atoms. The molecule has 0 saturated heterocycles. The molecule has 0 aliphatic carbocycles. The minimum absolute atomic E-state index is 0.0104. The monoisotopic (exact) mass is 805 g/mol. The minimum Gasteiger partial charge on any atom is -0.481 e. The molecule has 12 heteroatoms. The zero-order valence-electron chi connectivity index (χ0n) is 34.4. The number of nitrogens with one attached hydrogen (secondary N) is 2. The number of rotatable bonds is 43. The Bertz CT molecular complexity index is 831. The lowest BCUT2D eigenvalue weighted by Crippen LogP contribution is -2.69. The highest BCUT2D eigenvalue weighted by atomic mass is 33.1. The normalized spacial score (nSPS) is 12.4. The second kappa shape index (κ2) is 41.1. The van der Waals surface area contributed by atoms with Crippen LogP contribution in [0.5, 0.6) is 0 Å². The third-order valence-electron chi connectivity index (χ3n) is 10.1. The Kier molecular flexibility index (Phi) is 40.0. The van der Waals surface area contributed by atoms with Crippen LogP contribution in [0.4, 0.5) is 0 Å². The zero-order valence-corrected chi connectivity index (χ0v) is 36.0. The molecule has 0 fully saturated rings. The largest absolute Gasteiger partial charge is 0.481 e. The molecule has 0 aliphatic rings. The van der Waals surface area contributed by atoms with Crippen molar-refractivity contribution in [3.63, 3.8) is 0 Å². The Balaban J connectivity index is 3.45. The van der Waals surface area contributed by atoms with Gasteiger partial charge in [0, 0.05) is 25.9 Å². The van der Waals surface area contributed by atoms with Gasteiger partial charge in [-0.25, -0.2) is 0 Å². The number of carbonyl (C=O) groups excluding carboxylic acids is 2. The maximum Gasteiger partial charge on any atom is 0.303 e. The fraction of sp³-hybridized carbons (Fsp3) is 0.905. The first-order chi connectivity index (χ1) is 26.2. The van der Waals surface area contributed by atoms with Crippen LogP contribution in [-0.2, 0) is 19.2 Å². The summed E-state index contributed by atoms with van der Waals surface area (Å²) in [6.07, 6.45) is 36.8. The van der Waals surface area contributed by atoms with Crippen molar-refractivity contribution in [3.8, 4) is 0 Å². The highest BCUT2D eigenvalue weighted by molar-refractivity contribution is 8.76. The fourth-order valence-electron chi connectivity index (χ4n) is 6.52. The summed E-state index contributed by atoms with van der Waals surface area (Å²) in [4.78, 5) is 45.8. The minimum atomic E-state index is -0.679. The van der Waals surface area contributed by atoms with Gasteiger partial charge in [0.15, 0.2) is 12.1 Å². The summed E-state index contributed by atoms with van der Waals surface area (Å²) in [6.45, 7) is 1.43. The summed E-state index contributed by atoms with van der Waals surface area (Å²) in [7, 11) is 3.19. The molecule has 10 nitrogen and oxygen atoms in total. The van der Waals surface area contributed by atoms with Crippen molar-refractivity contribution < 1.29 is 40.9 Å². The Morgan fingerprint density at radius 2 is 0.574 bits per heavy atom. The topological polar surface area (TPSA) is 188 Å². The van der Waals surface area contributed by atoms with Crippen LogP contribution in [0.2, 0.25) is 0 Å². The van der Waals surface area contributed by atoms with Crippen molar-refractivity contribution in [2.75, 3.05) is 24.6 Å². The zero-order chi connectivity index (χ0) is 39.7. The lowest BCUT2D eigenvalue weighted by Gasteiger charge is -2.11. The molecule has 2 atom stereocenters. The van der Waals surface area contributed by atoms with Crippen molar-refractivity contribution in [1.82, 2.24) is 10.6 Å². The van der Waals surface area contributed by atoms with Crippen LogP contribution < -0.4 is 22.1 Å². The standard InChI is InChI=1S/C42H82N4O6S2/c43-37(41(51)45-33-29-25-21-17-13-9-5-1-3-7-11-15-19-23-27-31-39(47)48)35-53-54-36-38(44)42(52)46-34-30-26-22-18-14-10-6-2-4-8-12-16-20-24-28-32-40(49)50/h37-38H,1-36,43-44H2,(H,45,51)(H,46,52)(H,47,48)(H,49,50)/p+2. The summed E-state index contributed by atoms with van der Waals surface area (Å²) in [5.41, 5.74) is 8.06. The highest BCUT2D eigenvalue weighted by Gasteiger charge is 2.20. The third-order valence-corrected chi connectivity index (χ3v) is 12.7. The Morgan fingerprint density at radius 1 is 0.370 bits per heavy atom. The van der Waals surface area contributed by atoms with Crippen LogP contribution in [0.1, 0.15) is 205 Å². The molecule has 0 aliphatic heterocycles. The third kappa shape index (κ3) is 40.2. The van der Waals surface area contributed by atoms with Crippen molar-refractivity contribution in [2.45, 2.75) is 218 Å². The van der Waals surface area contributed by atoms with Gasteiger partial charge in [-0.15, -0.1) is 0 Å². The molecule has 0 radical (unpaired) electrons. The highest BCUT2D eigenvalue weighted by Crippen LogP contribution is 2.22. The first-order valence-electron chi connectivity index (χ1n) is 22.1. The number of carboxylic acid groups (broad SMARTS) is 2. The van der Waals surface area contributed by atoms with Crippen LogP contribution in [0.3, 0.4) is 0 Å². The van der Waals surface area contributed by atoms with Gasteiger partial charge in [-0.3, -0.25) is 19.2 Å². The average Bonchev–Trinajstić information content (AvgIpc) is 3.14. The molecule has 0 saturated carbocycles. The predicted molar refractivity (Wildman–Crippen MR) is 227 cm³/mol. The molecule has 0 aromatic rings. The molecule has 0 aromatic carbocycles. The second-order valence-corrected chi connectivity index (χ2v) is 18.0. The number of hydrogen-bond acceptors (Lipinski definition) is 6. The van der Waals surface area contributed by atoms with E-state index in [-0.39, 0.29) is 23.9 Å². The van der Waals surface area contributed by atoms with Gasteiger partial charge >= 0.3 is 11.9 Å². The van der Waals surface area contributed by atoms with Crippen LogP contribution in [-0.4, -0.2) is 70.6 Å². The van der Waals surface area contributed by atoms with E-state index in [4.69, 9.17) is 10.2 Å². The number of carboxylic acids is 2. The van der Waals surface area contributed by atoms with Gasteiger partial charge in [0.05, 0.1) is 11.5 Å². The molecular weight excluding hydrogens is 721 g/mol. The van der Waals surface area contributed by atoms with E-state index in [0.717, 1.165) is 51.4 Å². The van der Waals surface area contributed by atoms with Crippen molar-refractivity contribution >= 4 is 45.3 Å². The summed E-state index contributed by atoms with van der Waals surface area (Å²) in [5, 5.41) is 23.4.